The number of aryl methyl sites for hydroxylation is 2. The summed E-state index contributed by atoms with van der Waals surface area (Å²) in [4.78, 5) is 12.3. The van der Waals surface area contributed by atoms with Crippen molar-refractivity contribution in [1.29, 1.82) is 0 Å². The van der Waals surface area contributed by atoms with E-state index in [1.165, 1.54) is 5.56 Å². The van der Waals surface area contributed by atoms with Crippen molar-refractivity contribution < 1.29 is 13.2 Å². The smallest absolute Gasteiger partial charge is 0.260 e. The lowest BCUT2D eigenvalue weighted by Crippen LogP contribution is -2.39. The van der Waals surface area contributed by atoms with E-state index in [1.54, 1.807) is 12.1 Å². The summed E-state index contributed by atoms with van der Waals surface area (Å²) < 4.78 is 25.6. The second-order valence-electron chi connectivity index (χ2n) is 6.62. The van der Waals surface area contributed by atoms with Crippen LogP contribution in [0.1, 0.15) is 31.4 Å². The SMILES string of the molecule is CCc1ccccc1N(CC(=O)N/N=C(/C)CCc1ccccc1)S(C)(=O)=O. The summed E-state index contributed by atoms with van der Waals surface area (Å²) in [5.74, 6) is -0.476. The van der Waals surface area contributed by atoms with E-state index in [0.29, 0.717) is 18.5 Å². The van der Waals surface area contributed by atoms with E-state index >= 15 is 0 Å². The van der Waals surface area contributed by atoms with Crippen molar-refractivity contribution in [2.75, 3.05) is 17.1 Å². The molecular weight excluding hydrogens is 374 g/mol. The molecule has 1 N–H and O–H groups in total. The molecule has 0 aliphatic heterocycles. The van der Waals surface area contributed by atoms with Gasteiger partial charge in [0, 0.05) is 5.71 Å². The molecular formula is C21H27N3O3S. The Hall–Kier alpha value is -2.67. The van der Waals surface area contributed by atoms with E-state index in [-0.39, 0.29) is 6.54 Å². The Balaban J connectivity index is 2.02. The molecule has 0 aromatic heterocycles. The van der Waals surface area contributed by atoms with Crippen molar-refractivity contribution in [1.82, 2.24) is 5.43 Å². The lowest BCUT2D eigenvalue weighted by Gasteiger charge is -2.23. The average molecular weight is 402 g/mol. The first-order valence-corrected chi connectivity index (χ1v) is 11.1. The highest BCUT2D eigenvalue weighted by atomic mass is 32.2. The maximum absolute atomic E-state index is 12.3. The van der Waals surface area contributed by atoms with Crippen molar-refractivity contribution in [2.45, 2.75) is 33.1 Å². The number of hydrogen-bond acceptors (Lipinski definition) is 4. The van der Waals surface area contributed by atoms with E-state index in [1.807, 2.05) is 56.3 Å². The number of anilines is 1. The van der Waals surface area contributed by atoms with Crippen molar-refractivity contribution >= 4 is 27.3 Å². The summed E-state index contributed by atoms with van der Waals surface area (Å²) in [6.07, 6.45) is 3.30. The van der Waals surface area contributed by atoms with Crippen LogP contribution in [0.25, 0.3) is 0 Å². The van der Waals surface area contributed by atoms with Crippen molar-refractivity contribution in [2.24, 2.45) is 5.10 Å². The molecule has 0 saturated heterocycles. The molecule has 0 aliphatic rings. The number of para-hydroxylation sites is 1. The van der Waals surface area contributed by atoms with Crippen LogP contribution in [0.3, 0.4) is 0 Å². The molecule has 0 radical (unpaired) electrons. The maximum Gasteiger partial charge on any atom is 0.260 e. The predicted molar refractivity (Wildman–Crippen MR) is 114 cm³/mol. The number of nitrogens with zero attached hydrogens (tertiary/aromatic N) is 2. The van der Waals surface area contributed by atoms with E-state index < -0.39 is 15.9 Å². The Morgan fingerprint density at radius 2 is 1.71 bits per heavy atom. The topological polar surface area (TPSA) is 78.8 Å². The Morgan fingerprint density at radius 1 is 1.07 bits per heavy atom. The molecule has 0 fully saturated rings. The van der Waals surface area contributed by atoms with Gasteiger partial charge < -0.3 is 0 Å². The number of amides is 1. The van der Waals surface area contributed by atoms with Gasteiger partial charge in [0.05, 0.1) is 11.9 Å². The minimum atomic E-state index is -3.61. The van der Waals surface area contributed by atoms with Crippen LogP contribution in [0.2, 0.25) is 0 Å². The predicted octanol–water partition coefficient (Wildman–Crippen LogP) is 3.14. The van der Waals surface area contributed by atoms with Crippen LogP contribution in [0.4, 0.5) is 5.69 Å². The molecule has 2 aromatic rings. The molecule has 28 heavy (non-hydrogen) atoms. The third kappa shape index (κ3) is 6.49. The van der Waals surface area contributed by atoms with E-state index in [0.717, 1.165) is 28.3 Å². The van der Waals surface area contributed by atoms with Gasteiger partial charge in [-0.15, -0.1) is 0 Å². The number of nitrogens with one attached hydrogen (secondary N) is 1. The highest BCUT2D eigenvalue weighted by molar-refractivity contribution is 7.92. The summed E-state index contributed by atoms with van der Waals surface area (Å²) in [6, 6.07) is 17.2. The Kier molecular flexibility index (Phi) is 7.75. The van der Waals surface area contributed by atoms with E-state index in [9.17, 15) is 13.2 Å². The van der Waals surface area contributed by atoms with Crippen molar-refractivity contribution in [3.05, 3.63) is 65.7 Å². The molecule has 0 heterocycles. The number of sulfonamides is 1. The van der Waals surface area contributed by atoms with Gasteiger partial charge in [-0.25, -0.2) is 13.8 Å². The molecule has 150 valence electrons. The van der Waals surface area contributed by atoms with Crippen LogP contribution in [-0.2, 0) is 27.7 Å². The fourth-order valence-electron chi connectivity index (χ4n) is 2.78. The standard InChI is InChI=1S/C21H27N3O3S/c1-4-19-12-8-9-13-20(19)24(28(3,26)27)16-21(25)23-22-17(2)14-15-18-10-6-5-7-11-18/h5-13H,4,14-16H2,1-3H3,(H,23,25)/b22-17-. The quantitative estimate of drug-likeness (QED) is 0.518. The lowest BCUT2D eigenvalue weighted by molar-refractivity contribution is -0.119. The molecule has 0 unspecified atom stereocenters. The van der Waals surface area contributed by atoms with Crippen molar-refractivity contribution in [3.63, 3.8) is 0 Å². The summed E-state index contributed by atoms with van der Waals surface area (Å²) in [6.45, 7) is 3.47. The molecule has 0 atom stereocenters. The molecule has 0 spiro atoms. The fourth-order valence-corrected chi connectivity index (χ4v) is 3.67. The van der Waals surface area contributed by atoms with Gasteiger partial charge in [-0.2, -0.15) is 5.10 Å². The third-order valence-electron chi connectivity index (χ3n) is 4.32. The van der Waals surface area contributed by atoms with Gasteiger partial charge in [0.2, 0.25) is 10.0 Å². The molecule has 1 amide bonds. The van der Waals surface area contributed by atoms with Gasteiger partial charge in [-0.05, 0) is 43.4 Å². The van der Waals surface area contributed by atoms with Crippen LogP contribution in [-0.4, -0.2) is 32.8 Å². The van der Waals surface area contributed by atoms with Crippen LogP contribution < -0.4 is 9.73 Å². The van der Waals surface area contributed by atoms with Crippen LogP contribution in [0.5, 0.6) is 0 Å². The number of benzene rings is 2. The molecule has 7 heteroatoms. The minimum Gasteiger partial charge on any atom is -0.271 e. The third-order valence-corrected chi connectivity index (χ3v) is 5.44. The van der Waals surface area contributed by atoms with Gasteiger partial charge in [-0.1, -0.05) is 55.5 Å². The van der Waals surface area contributed by atoms with Gasteiger partial charge in [-0.3, -0.25) is 9.10 Å². The zero-order valence-corrected chi connectivity index (χ0v) is 17.4. The van der Waals surface area contributed by atoms with Crippen molar-refractivity contribution in [3.8, 4) is 0 Å². The van der Waals surface area contributed by atoms with Gasteiger partial charge >= 0.3 is 0 Å². The first-order chi connectivity index (χ1) is 13.3. The highest BCUT2D eigenvalue weighted by Crippen LogP contribution is 2.23. The molecule has 0 aliphatic carbocycles. The molecule has 0 bridgehead atoms. The molecule has 6 nitrogen and oxygen atoms in total. The fraction of sp³-hybridized carbons (Fsp3) is 0.333. The monoisotopic (exact) mass is 401 g/mol. The number of rotatable bonds is 9. The number of hydrogen-bond donors (Lipinski definition) is 1. The highest BCUT2D eigenvalue weighted by Gasteiger charge is 2.22. The number of carbonyl (C=O) groups is 1. The zero-order chi connectivity index (χ0) is 20.6. The Morgan fingerprint density at radius 3 is 2.36 bits per heavy atom. The van der Waals surface area contributed by atoms with Crippen LogP contribution >= 0.6 is 0 Å². The molecule has 0 saturated carbocycles. The average Bonchev–Trinajstić information content (AvgIpc) is 2.68. The summed E-state index contributed by atoms with van der Waals surface area (Å²) >= 11 is 0. The second kappa shape index (κ2) is 10.0. The zero-order valence-electron chi connectivity index (χ0n) is 16.6. The summed E-state index contributed by atoms with van der Waals surface area (Å²) in [7, 11) is -3.61. The molecule has 2 rings (SSSR count). The largest absolute Gasteiger partial charge is 0.271 e. The van der Waals surface area contributed by atoms with E-state index in [2.05, 4.69) is 10.5 Å². The van der Waals surface area contributed by atoms with Gasteiger partial charge in [0.25, 0.3) is 5.91 Å². The van der Waals surface area contributed by atoms with Gasteiger partial charge in [0.15, 0.2) is 0 Å². The van der Waals surface area contributed by atoms with E-state index in [4.69, 9.17) is 0 Å². The molecule has 2 aromatic carbocycles. The maximum atomic E-state index is 12.3. The Labute approximate surface area is 167 Å². The lowest BCUT2D eigenvalue weighted by atomic mass is 10.1. The number of carbonyl (C=O) groups excluding carboxylic acids is 1. The second-order valence-corrected chi connectivity index (χ2v) is 8.53. The minimum absolute atomic E-state index is 0.314. The number of hydrazone groups is 1. The van der Waals surface area contributed by atoms with Crippen LogP contribution in [0, 0.1) is 0 Å². The summed E-state index contributed by atoms with van der Waals surface area (Å²) in [5.41, 5.74) is 5.83. The van der Waals surface area contributed by atoms with Gasteiger partial charge in [0.1, 0.15) is 6.54 Å². The first kappa shape index (κ1) is 21.6. The normalized spacial score (nSPS) is 11.9. The first-order valence-electron chi connectivity index (χ1n) is 9.22. The van der Waals surface area contributed by atoms with Crippen LogP contribution in [0.15, 0.2) is 59.7 Å². The Bertz CT molecular complexity index is 925. The summed E-state index contributed by atoms with van der Waals surface area (Å²) in [5, 5.41) is 4.11.